The van der Waals surface area contributed by atoms with Crippen molar-refractivity contribution in [3.05, 3.63) is 0 Å². The van der Waals surface area contributed by atoms with E-state index in [0.717, 1.165) is 51.8 Å². The quantitative estimate of drug-likeness (QED) is 0.406. The molecule has 6 nitrogen and oxygen atoms in total. The maximum absolute atomic E-state index is 11.2. The molecular weight excluding hydrogens is 332 g/mol. The highest BCUT2D eigenvalue weighted by atomic mass is 16.5. The Bertz CT molecular complexity index is 312. The normalized spacial score (nSPS) is 10.0. The largest absolute Gasteiger partial charge is 0.385 e. The van der Waals surface area contributed by atoms with Gasteiger partial charge in [-0.25, -0.2) is 0 Å². The molecule has 0 fully saturated rings. The highest BCUT2D eigenvalue weighted by molar-refractivity contribution is 5.77. The van der Waals surface area contributed by atoms with E-state index in [4.69, 9.17) is 9.47 Å². The zero-order valence-electron chi connectivity index (χ0n) is 17.5. The highest BCUT2D eigenvalue weighted by Crippen LogP contribution is 2.03. The van der Waals surface area contributed by atoms with Crippen molar-refractivity contribution in [1.29, 1.82) is 0 Å². The Hall–Kier alpha value is -1.14. The second-order valence-corrected chi connectivity index (χ2v) is 6.22. The van der Waals surface area contributed by atoms with E-state index >= 15 is 0 Å². The predicted molar refractivity (Wildman–Crippen MR) is 107 cm³/mol. The molecule has 0 radical (unpaired) electrons. The molecule has 0 aliphatic carbocycles. The van der Waals surface area contributed by atoms with E-state index in [-0.39, 0.29) is 18.4 Å². The number of unbranched alkanes of at least 4 members (excludes halogenated alkanes) is 5. The molecular formula is C20H42N2O4. The molecule has 0 aromatic carbocycles. The van der Waals surface area contributed by atoms with Crippen LogP contribution in [0.2, 0.25) is 0 Å². The van der Waals surface area contributed by atoms with Crippen LogP contribution in [-0.2, 0) is 19.1 Å². The third-order valence-corrected chi connectivity index (χ3v) is 3.62. The van der Waals surface area contributed by atoms with Gasteiger partial charge in [0.05, 0.1) is 0 Å². The second-order valence-electron chi connectivity index (χ2n) is 6.22. The maximum atomic E-state index is 11.2. The van der Waals surface area contributed by atoms with Crippen molar-refractivity contribution in [3.8, 4) is 0 Å². The Balaban J connectivity index is 0. The molecule has 156 valence electrons. The molecule has 0 aliphatic rings. The van der Waals surface area contributed by atoms with Gasteiger partial charge in [-0.3, -0.25) is 9.59 Å². The first-order valence-electron chi connectivity index (χ1n) is 10.2. The molecule has 0 bridgehead atoms. The summed E-state index contributed by atoms with van der Waals surface area (Å²) in [5, 5.41) is 5.57. The fourth-order valence-corrected chi connectivity index (χ4v) is 1.99. The van der Waals surface area contributed by atoms with Crippen LogP contribution in [0, 0.1) is 0 Å². The lowest BCUT2D eigenvalue weighted by Gasteiger charge is -2.05. The summed E-state index contributed by atoms with van der Waals surface area (Å²) >= 11 is 0. The first-order valence-corrected chi connectivity index (χ1v) is 10.2. The van der Waals surface area contributed by atoms with E-state index in [1.54, 1.807) is 7.11 Å². The molecule has 2 amide bonds. The highest BCUT2D eigenvalue weighted by Gasteiger charge is 1.99. The fraction of sp³-hybridized carbons (Fsp3) is 0.900. The Morgan fingerprint density at radius 3 is 1.92 bits per heavy atom. The van der Waals surface area contributed by atoms with Crippen molar-refractivity contribution in [3.63, 3.8) is 0 Å². The van der Waals surface area contributed by atoms with Gasteiger partial charge in [0, 0.05) is 39.8 Å². The third kappa shape index (κ3) is 25.1. The monoisotopic (exact) mass is 374 g/mol. The fourth-order valence-electron chi connectivity index (χ4n) is 1.99. The number of hydrogen-bond acceptors (Lipinski definition) is 4. The number of rotatable bonds is 16. The second kappa shape index (κ2) is 23.9. The van der Waals surface area contributed by atoms with E-state index in [1.165, 1.54) is 19.3 Å². The minimum absolute atomic E-state index is 0.00746. The Morgan fingerprint density at radius 1 is 0.731 bits per heavy atom. The van der Waals surface area contributed by atoms with Gasteiger partial charge in [-0.1, -0.05) is 46.5 Å². The Morgan fingerprint density at radius 2 is 1.35 bits per heavy atom. The van der Waals surface area contributed by atoms with Gasteiger partial charge in [0.25, 0.3) is 0 Å². The molecule has 0 atom stereocenters. The van der Waals surface area contributed by atoms with Crippen molar-refractivity contribution < 1.29 is 19.1 Å². The number of ether oxygens (including phenoxy) is 2. The average molecular weight is 375 g/mol. The van der Waals surface area contributed by atoms with Crippen molar-refractivity contribution in [2.45, 2.75) is 78.6 Å². The number of methoxy groups -OCH3 is 1. The summed E-state index contributed by atoms with van der Waals surface area (Å²) in [6.45, 7) is 9.32. The van der Waals surface area contributed by atoms with Crippen molar-refractivity contribution in [1.82, 2.24) is 10.6 Å². The van der Waals surface area contributed by atoms with Gasteiger partial charge < -0.3 is 20.1 Å². The minimum Gasteiger partial charge on any atom is -0.385 e. The summed E-state index contributed by atoms with van der Waals surface area (Å²) in [6.07, 6.45) is 9.57. The van der Waals surface area contributed by atoms with Gasteiger partial charge in [-0.2, -0.15) is 0 Å². The first kappa shape index (κ1) is 27.1. The van der Waals surface area contributed by atoms with E-state index < -0.39 is 0 Å². The molecule has 0 aromatic rings. The van der Waals surface area contributed by atoms with Crippen molar-refractivity contribution >= 4 is 11.8 Å². The van der Waals surface area contributed by atoms with Gasteiger partial charge in [0.2, 0.25) is 11.8 Å². The van der Waals surface area contributed by atoms with Gasteiger partial charge in [-0.05, 0) is 25.7 Å². The van der Waals surface area contributed by atoms with Gasteiger partial charge in [-0.15, -0.1) is 0 Å². The molecule has 6 heteroatoms. The summed E-state index contributed by atoms with van der Waals surface area (Å²) in [6, 6.07) is 0. The van der Waals surface area contributed by atoms with Crippen LogP contribution in [-0.4, -0.2) is 51.8 Å². The smallest absolute Gasteiger partial charge is 0.245 e. The molecule has 0 rings (SSSR count). The molecule has 0 heterocycles. The summed E-state index contributed by atoms with van der Waals surface area (Å²) in [7, 11) is 1.73. The standard InChI is InChI=1S/C13H27NO3.C7H15NO/c1-3-9-14-13(15)12-17-11-8-6-4-5-7-10-16-2;1-3-5-6-8-7(9)4-2/h3-12H2,1-2H3,(H,14,15);3-6H2,1-2H3,(H,8,9). The van der Waals surface area contributed by atoms with Crippen LogP contribution >= 0.6 is 0 Å². The molecule has 0 aliphatic heterocycles. The number of hydrogen-bond donors (Lipinski definition) is 2. The lowest BCUT2D eigenvalue weighted by Crippen LogP contribution is -2.28. The molecule has 0 spiro atoms. The lowest BCUT2D eigenvalue weighted by atomic mass is 10.1. The SMILES string of the molecule is CCCCNC(=O)CC.CCCNC(=O)COCCCCCCCOC. The van der Waals surface area contributed by atoms with Crippen LogP contribution < -0.4 is 10.6 Å². The summed E-state index contributed by atoms with van der Waals surface area (Å²) in [5.41, 5.74) is 0. The van der Waals surface area contributed by atoms with Crippen molar-refractivity contribution in [2.24, 2.45) is 0 Å². The Kier molecular flexibility index (Phi) is 24.9. The zero-order chi connectivity index (χ0) is 19.9. The van der Waals surface area contributed by atoms with Crippen LogP contribution in [0.5, 0.6) is 0 Å². The first-order chi connectivity index (χ1) is 12.6. The van der Waals surface area contributed by atoms with Gasteiger partial charge in [0.1, 0.15) is 6.61 Å². The van der Waals surface area contributed by atoms with E-state index in [9.17, 15) is 9.59 Å². The van der Waals surface area contributed by atoms with Crippen LogP contribution in [0.25, 0.3) is 0 Å². The maximum Gasteiger partial charge on any atom is 0.245 e. The topological polar surface area (TPSA) is 76.7 Å². The van der Waals surface area contributed by atoms with Crippen LogP contribution in [0.4, 0.5) is 0 Å². The molecule has 0 unspecified atom stereocenters. The number of carbonyl (C=O) groups is 2. The van der Waals surface area contributed by atoms with Crippen molar-refractivity contribution in [2.75, 3.05) is 40.0 Å². The Labute approximate surface area is 160 Å². The number of carbonyl (C=O) groups excluding carboxylic acids is 2. The van der Waals surface area contributed by atoms with Gasteiger partial charge >= 0.3 is 0 Å². The zero-order valence-corrected chi connectivity index (χ0v) is 17.5. The molecule has 0 saturated carbocycles. The minimum atomic E-state index is -0.00746. The van der Waals surface area contributed by atoms with Crippen LogP contribution in [0.15, 0.2) is 0 Å². The summed E-state index contributed by atoms with van der Waals surface area (Å²) in [5.74, 6) is 0.149. The van der Waals surface area contributed by atoms with Gasteiger partial charge in [0.15, 0.2) is 0 Å². The molecule has 0 aromatic heterocycles. The third-order valence-electron chi connectivity index (χ3n) is 3.62. The predicted octanol–water partition coefficient (Wildman–Crippen LogP) is 3.44. The summed E-state index contributed by atoms with van der Waals surface area (Å²) < 4.78 is 10.3. The van der Waals surface area contributed by atoms with Crippen LogP contribution in [0.1, 0.15) is 78.6 Å². The van der Waals surface area contributed by atoms with E-state index in [2.05, 4.69) is 17.6 Å². The molecule has 26 heavy (non-hydrogen) atoms. The molecule has 0 saturated heterocycles. The number of nitrogens with one attached hydrogen (secondary N) is 2. The molecule has 2 N–H and O–H groups in total. The number of amides is 2. The van der Waals surface area contributed by atoms with E-state index in [0.29, 0.717) is 13.0 Å². The summed E-state index contributed by atoms with van der Waals surface area (Å²) in [4.78, 5) is 21.7. The average Bonchev–Trinajstić information content (AvgIpc) is 2.65. The van der Waals surface area contributed by atoms with Crippen LogP contribution in [0.3, 0.4) is 0 Å². The lowest BCUT2D eigenvalue weighted by molar-refractivity contribution is -0.125. The van der Waals surface area contributed by atoms with E-state index in [1.807, 2.05) is 13.8 Å².